The lowest BCUT2D eigenvalue weighted by molar-refractivity contribution is -0.155. The number of para-hydroxylation sites is 1. The molecule has 0 aliphatic heterocycles. The minimum absolute atomic E-state index is 0.0490. The third-order valence-electron chi connectivity index (χ3n) is 6.81. The van der Waals surface area contributed by atoms with E-state index in [-0.39, 0.29) is 24.0 Å². The summed E-state index contributed by atoms with van der Waals surface area (Å²) in [5.74, 6) is -0.280. The number of carbonyl (C=O) groups excluding carboxylic acids is 2. The van der Waals surface area contributed by atoms with Crippen LogP contribution in [0.4, 0.5) is 10.5 Å². The van der Waals surface area contributed by atoms with Gasteiger partial charge in [0.2, 0.25) is 0 Å². The largest absolute Gasteiger partial charge is 0.462 e. The van der Waals surface area contributed by atoms with E-state index in [1.165, 1.54) is 5.56 Å². The van der Waals surface area contributed by atoms with E-state index in [4.69, 9.17) is 17.0 Å². The third kappa shape index (κ3) is 8.68. The summed E-state index contributed by atoms with van der Waals surface area (Å²) in [7, 11) is 0. The van der Waals surface area contributed by atoms with Gasteiger partial charge in [-0.2, -0.15) is 0 Å². The number of benzene rings is 2. The summed E-state index contributed by atoms with van der Waals surface area (Å²) < 4.78 is 5.81. The minimum atomic E-state index is -0.794. The molecule has 0 saturated heterocycles. The number of thiocarbonyl (C=S) groups is 1. The van der Waals surface area contributed by atoms with Crippen LogP contribution in [0.15, 0.2) is 42.5 Å². The summed E-state index contributed by atoms with van der Waals surface area (Å²) >= 11 is 5.80. The van der Waals surface area contributed by atoms with Crippen molar-refractivity contribution in [3.8, 4) is 0 Å². The lowest BCUT2D eigenvalue weighted by Gasteiger charge is -2.34. The highest BCUT2D eigenvalue weighted by molar-refractivity contribution is 7.80. The Morgan fingerprint density at radius 1 is 0.974 bits per heavy atom. The number of aryl methyl sites for hydroxylation is 1. The number of ether oxygens (including phenoxy) is 1. The Kier molecular flexibility index (Phi) is 9.31. The Balaban J connectivity index is 1.83. The lowest BCUT2D eigenvalue weighted by atomic mass is 9.83. The van der Waals surface area contributed by atoms with Crippen molar-refractivity contribution in [1.29, 1.82) is 0 Å². The lowest BCUT2D eigenvalue weighted by Crippen LogP contribution is -2.49. The third-order valence-corrected chi connectivity index (χ3v) is 7.01. The molecule has 0 heterocycles. The number of amides is 2. The molecule has 8 heteroatoms. The standard InChI is InChI=1S/C31H44N4O3S/c1-20-11-9-12-21(18-32-27(37)33-24-15-16-24)25(20)34-28(39)35-31(8,19-38-26(36)30(5,6)7)23-14-10-13-22(17-23)29(2,3)4/h9-14,17,24H,15-16,18-19H2,1-8H3,(H2,32,33,37)(H2,34,35,39). The normalized spacial score (nSPS) is 15.1. The zero-order chi connectivity index (χ0) is 29.0. The summed E-state index contributed by atoms with van der Waals surface area (Å²) in [5, 5.41) is 13.1. The van der Waals surface area contributed by atoms with Crippen molar-refractivity contribution in [2.75, 3.05) is 11.9 Å². The molecule has 7 nitrogen and oxygen atoms in total. The zero-order valence-electron chi connectivity index (χ0n) is 24.6. The number of rotatable bonds is 8. The Bertz CT molecular complexity index is 1210. The molecule has 0 bridgehead atoms. The first-order valence-electron chi connectivity index (χ1n) is 13.6. The number of hydrogen-bond acceptors (Lipinski definition) is 4. The van der Waals surface area contributed by atoms with Gasteiger partial charge < -0.3 is 26.0 Å². The molecule has 2 aromatic carbocycles. The number of esters is 1. The van der Waals surface area contributed by atoms with Gasteiger partial charge >= 0.3 is 12.0 Å². The van der Waals surface area contributed by atoms with Crippen LogP contribution in [0, 0.1) is 12.3 Å². The van der Waals surface area contributed by atoms with Crippen molar-refractivity contribution < 1.29 is 14.3 Å². The van der Waals surface area contributed by atoms with Crippen LogP contribution in [0.3, 0.4) is 0 Å². The second-order valence-electron chi connectivity index (χ2n) is 12.8. The summed E-state index contributed by atoms with van der Waals surface area (Å²) in [4.78, 5) is 24.9. The Hall–Kier alpha value is -3.13. The van der Waals surface area contributed by atoms with Gasteiger partial charge in [-0.25, -0.2) is 4.79 Å². The van der Waals surface area contributed by atoms with Gasteiger partial charge in [-0.3, -0.25) is 4.79 Å². The van der Waals surface area contributed by atoms with Crippen LogP contribution in [-0.4, -0.2) is 29.8 Å². The second-order valence-corrected chi connectivity index (χ2v) is 13.2. The molecule has 1 aliphatic rings. The van der Waals surface area contributed by atoms with Crippen LogP contribution in [0.2, 0.25) is 0 Å². The van der Waals surface area contributed by atoms with Gasteiger partial charge in [-0.1, -0.05) is 63.2 Å². The van der Waals surface area contributed by atoms with Crippen molar-refractivity contribution in [1.82, 2.24) is 16.0 Å². The fourth-order valence-electron chi connectivity index (χ4n) is 4.04. The monoisotopic (exact) mass is 552 g/mol. The summed E-state index contributed by atoms with van der Waals surface area (Å²) in [5.41, 5.74) is 3.41. The highest BCUT2D eigenvalue weighted by atomic mass is 32.1. The number of nitrogens with one attached hydrogen (secondary N) is 4. The summed E-state index contributed by atoms with van der Waals surface area (Å²) in [6, 6.07) is 14.3. The van der Waals surface area contributed by atoms with Gasteiger partial charge in [0.05, 0.1) is 11.0 Å². The van der Waals surface area contributed by atoms with Gasteiger partial charge in [-0.05, 0) is 87.3 Å². The van der Waals surface area contributed by atoms with E-state index < -0.39 is 11.0 Å². The fraction of sp³-hybridized carbons (Fsp3) is 0.516. The predicted molar refractivity (Wildman–Crippen MR) is 162 cm³/mol. The van der Waals surface area contributed by atoms with Crippen molar-refractivity contribution in [2.24, 2.45) is 5.41 Å². The number of carbonyl (C=O) groups is 2. The number of urea groups is 1. The zero-order valence-corrected chi connectivity index (χ0v) is 25.4. The SMILES string of the molecule is Cc1cccc(CNC(=O)NC2CC2)c1NC(=S)NC(C)(COC(=O)C(C)(C)C)c1cccc(C(C)(C)C)c1. The molecule has 1 saturated carbocycles. The second kappa shape index (κ2) is 11.9. The van der Waals surface area contributed by atoms with E-state index in [0.717, 1.165) is 35.2 Å². The average Bonchev–Trinajstić information content (AvgIpc) is 3.65. The molecule has 2 aromatic rings. The maximum Gasteiger partial charge on any atom is 0.315 e. The first-order chi connectivity index (χ1) is 18.1. The van der Waals surface area contributed by atoms with Crippen molar-refractivity contribution in [2.45, 2.75) is 91.8 Å². The van der Waals surface area contributed by atoms with Crippen molar-refractivity contribution in [3.05, 3.63) is 64.7 Å². The van der Waals surface area contributed by atoms with Crippen LogP contribution in [-0.2, 0) is 27.0 Å². The quantitative estimate of drug-likeness (QED) is 0.236. The van der Waals surface area contributed by atoms with E-state index in [9.17, 15) is 9.59 Å². The molecule has 212 valence electrons. The van der Waals surface area contributed by atoms with Gasteiger partial charge in [0.25, 0.3) is 0 Å². The van der Waals surface area contributed by atoms with E-state index >= 15 is 0 Å². The van der Waals surface area contributed by atoms with Crippen LogP contribution in [0.5, 0.6) is 0 Å². The van der Waals surface area contributed by atoms with Crippen LogP contribution in [0.25, 0.3) is 0 Å². The first-order valence-corrected chi connectivity index (χ1v) is 14.0. The number of hydrogen-bond donors (Lipinski definition) is 4. The molecule has 39 heavy (non-hydrogen) atoms. The Morgan fingerprint density at radius 2 is 1.62 bits per heavy atom. The fourth-order valence-corrected chi connectivity index (χ4v) is 4.36. The summed E-state index contributed by atoms with van der Waals surface area (Å²) in [6.45, 7) is 16.5. The molecule has 0 spiro atoms. The van der Waals surface area contributed by atoms with E-state index in [2.05, 4.69) is 54.2 Å². The van der Waals surface area contributed by atoms with Crippen LogP contribution in [0.1, 0.15) is 83.6 Å². The Morgan fingerprint density at radius 3 is 2.23 bits per heavy atom. The molecule has 4 N–H and O–H groups in total. The molecule has 3 rings (SSSR count). The molecule has 0 radical (unpaired) electrons. The molecule has 1 unspecified atom stereocenters. The Labute approximate surface area is 238 Å². The van der Waals surface area contributed by atoms with Gasteiger partial charge in [-0.15, -0.1) is 0 Å². The van der Waals surface area contributed by atoms with Gasteiger partial charge in [0, 0.05) is 18.3 Å². The topological polar surface area (TPSA) is 91.5 Å². The molecular weight excluding hydrogens is 508 g/mol. The molecule has 0 aromatic heterocycles. The molecule has 1 atom stereocenters. The first kappa shape index (κ1) is 30.4. The minimum Gasteiger partial charge on any atom is -0.462 e. The highest BCUT2D eigenvalue weighted by Gasteiger charge is 2.33. The molecule has 2 amide bonds. The molecule has 1 fully saturated rings. The van der Waals surface area contributed by atoms with Gasteiger partial charge in [0.15, 0.2) is 5.11 Å². The van der Waals surface area contributed by atoms with Crippen molar-refractivity contribution >= 4 is 35.0 Å². The van der Waals surface area contributed by atoms with E-state index in [1.54, 1.807) is 0 Å². The van der Waals surface area contributed by atoms with Crippen molar-refractivity contribution in [3.63, 3.8) is 0 Å². The highest BCUT2D eigenvalue weighted by Crippen LogP contribution is 2.30. The smallest absolute Gasteiger partial charge is 0.315 e. The maximum absolute atomic E-state index is 12.7. The van der Waals surface area contributed by atoms with Crippen LogP contribution < -0.4 is 21.3 Å². The molecular formula is C31H44N4O3S. The van der Waals surface area contributed by atoms with Crippen LogP contribution >= 0.6 is 12.2 Å². The average molecular weight is 553 g/mol. The van der Waals surface area contributed by atoms with E-state index in [0.29, 0.717) is 17.7 Å². The number of anilines is 1. The van der Waals surface area contributed by atoms with E-state index in [1.807, 2.05) is 65.0 Å². The maximum atomic E-state index is 12.7. The summed E-state index contributed by atoms with van der Waals surface area (Å²) in [6.07, 6.45) is 2.07. The predicted octanol–water partition coefficient (Wildman–Crippen LogP) is 6.05. The van der Waals surface area contributed by atoms with Gasteiger partial charge in [0.1, 0.15) is 6.61 Å². The molecule has 1 aliphatic carbocycles.